The second kappa shape index (κ2) is 34.8. The summed E-state index contributed by atoms with van der Waals surface area (Å²) in [6.07, 6.45) is -54.1. The van der Waals surface area contributed by atoms with Crippen molar-refractivity contribution >= 4 is 49.9 Å². The minimum Gasteiger partial charge on any atom is -0.414 e. The highest BCUT2D eigenvalue weighted by Gasteiger charge is 2.61. The molecular formula is C72H144O30Si6. The minimum atomic E-state index is -2.74. The van der Waals surface area contributed by atoms with Gasteiger partial charge in [-0.2, -0.15) is 0 Å². The largest absolute Gasteiger partial charge is 0.414 e. The Hall–Kier alpha value is 0.101. The Balaban J connectivity index is 1.41. The molecule has 0 aromatic heterocycles. The van der Waals surface area contributed by atoms with E-state index in [0.29, 0.717) is 0 Å². The van der Waals surface area contributed by atoms with Gasteiger partial charge in [0, 0.05) is 0 Å². The second-order valence-corrected chi connectivity index (χ2v) is 69.0. The first-order valence-electron chi connectivity index (χ1n) is 38.7. The van der Waals surface area contributed by atoms with E-state index in [1.165, 1.54) is 0 Å². The molecule has 22 aliphatic heterocycles. The number of aliphatic hydroxyl groups excluding tert-OH is 12. The fraction of sp³-hybridized carbons (Fsp3) is 1.00. The molecule has 0 aromatic carbocycles. The molecule has 36 heteroatoms. The van der Waals surface area contributed by atoms with Crippen LogP contribution in [0.15, 0.2) is 0 Å². The lowest BCUT2D eigenvalue weighted by molar-refractivity contribution is -0.403. The first-order valence-corrected chi connectivity index (χ1v) is 56.1. The summed E-state index contributed by atoms with van der Waals surface area (Å²) in [6.45, 7) is 58.1. The van der Waals surface area contributed by atoms with Crippen LogP contribution in [0, 0.1) is 0 Å². The third kappa shape index (κ3) is 21.4. The average molecular weight is 1660 g/mol. The molecule has 12 bridgehead atoms. The van der Waals surface area contributed by atoms with Crippen molar-refractivity contribution in [2.45, 2.75) is 418 Å². The van der Waals surface area contributed by atoms with Crippen molar-refractivity contribution in [3.8, 4) is 0 Å². The highest BCUT2D eigenvalue weighted by atomic mass is 28.4. The van der Waals surface area contributed by atoms with Crippen LogP contribution in [0.1, 0.15) is 125 Å². The lowest BCUT2D eigenvalue weighted by atomic mass is 9.94. The van der Waals surface area contributed by atoms with Crippen molar-refractivity contribution in [1.82, 2.24) is 0 Å². The normalized spacial score (nSPS) is 40.5. The Bertz CT molecular complexity index is 2370. The van der Waals surface area contributed by atoms with Crippen molar-refractivity contribution in [1.29, 1.82) is 0 Å². The molecule has 22 rings (SSSR count). The van der Waals surface area contributed by atoms with Gasteiger partial charge < -0.3 is 145 Å². The summed E-state index contributed by atoms with van der Waals surface area (Å²) in [5.74, 6) is 0. The molecular weight excluding hydrogens is 1510 g/mol. The topological polar surface area (TPSA) is 409 Å². The maximum absolute atomic E-state index is 12.6. The summed E-state index contributed by atoms with van der Waals surface area (Å²) in [5, 5.41) is 148. The zero-order valence-electron chi connectivity index (χ0n) is 70.3. The third-order valence-corrected chi connectivity index (χ3v) is 53.1. The molecule has 0 amide bonds. The smallest absolute Gasteiger partial charge is 0.192 e. The summed E-state index contributed by atoms with van der Waals surface area (Å²) >= 11 is 0. The van der Waals surface area contributed by atoms with Gasteiger partial charge >= 0.3 is 0 Å². The molecule has 108 heavy (non-hydrogen) atoms. The van der Waals surface area contributed by atoms with Gasteiger partial charge in [0.1, 0.15) is 146 Å². The maximum Gasteiger partial charge on any atom is 0.192 e. The zero-order chi connectivity index (χ0) is 82.3. The monoisotopic (exact) mass is 1660 g/mol. The molecule has 0 aliphatic carbocycles. The zero-order valence-corrected chi connectivity index (χ0v) is 76.3. The van der Waals surface area contributed by atoms with Gasteiger partial charge in [-0.05, 0) is 109 Å². The van der Waals surface area contributed by atoms with Gasteiger partial charge in [0.2, 0.25) is 0 Å². The lowest BCUT2D eigenvalue weighted by Gasteiger charge is -2.52. The van der Waals surface area contributed by atoms with E-state index in [4.69, 9.17) is 83.4 Å². The lowest BCUT2D eigenvalue weighted by Crippen LogP contribution is -2.69. The SMILES string of the molecule is CC(C)(C)[Si](C)(C)OCC1OC2OC3C(CO[Si](C)(C)C(C)(C)C)OC(OC4C(CO[Si](C)(C)C(C)(C)C)OC(OC5C(CO[Si](C)(C)C(C)(C)C)OC(OC6C(CO[Si](C)(C)C(C)(C)C)OC(OC7C(CO[Si](C)(C)C(C)(C)C)OC(OC1C(O)C2O)C(O)C7O)C(O)C6O)C(O)C5O)C(O)C4O)C(O)C3O. The van der Waals surface area contributed by atoms with E-state index < -0.39 is 234 Å². The van der Waals surface area contributed by atoms with Gasteiger partial charge in [0.05, 0.1) is 39.6 Å². The van der Waals surface area contributed by atoms with E-state index in [1.807, 2.05) is 203 Å². The Morgan fingerprint density at radius 2 is 0.287 bits per heavy atom. The molecule has 22 aliphatic rings. The van der Waals surface area contributed by atoms with Crippen molar-refractivity contribution in [2.24, 2.45) is 0 Å². The fourth-order valence-corrected chi connectivity index (χ4v) is 18.0. The average Bonchev–Trinajstić information content (AvgIpc) is 0.758. The second-order valence-electron chi connectivity index (χ2n) is 40.2. The van der Waals surface area contributed by atoms with Crippen molar-refractivity contribution in [3.63, 3.8) is 0 Å². The number of hydrogen-bond acceptors (Lipinski definition) is 30. The summed E-state index contributed by atoms with van der Waals surface area (Å²) in [4.78, 5) is 0. The van der Waals surface area contributed by atoms with Crippen molar-refractivity contribution in [3.05, 3.63) is 0 Å². The Morgan fingerprint density at radius 3 is 0.380 bits per heavy atom. The van der Waals surface area contributed by atoms with E-state index in [9.17, 15) is 61.3 Å². The van der Waals surface area contributed by atoms with Gasteiger partial charge in [-0.3, -0.25) is 0 Å². The van der Waals surface area contributed by atoms with E-state index in [-0.39, 0.29) is 69.9 Å². The highest BCUT2D eigenvalue weighted by molar-refractivity contribution is 6.76. The van der Waals surface area contributed by atoms with Crippen LogP contribution in [-0.2, 0) is 83.4 Å². The predicted octanol–water partition coefficient (Wildman–Crippen LogP) is 5.12. The van der Waals surface area contributed by atoms with Gasteiger partial charge in [-0.25, -0.2) is 0 Å². The van der Waals surface area contributed by atoms with Crippen LogP contribution in [0.3, 0.4) is 0 Å². The quantitative estimate of drug-likeness (QED) is 0.0792. The molecule has 30 unspecified atom stereocenters. The van der Waals surface area contributed by atoms with E-state index in [0.717, 1.165) is 0 Å². The highest BCUT2D eigenvalue weighted by Crippen LogP contribution is 2.46. The van der Waals surface area contributed by atoms with Gasteiger partial charge in [-0.1, -0.05) is 125 Å². The van der Waals surface area contributed by atoms with Gasteiger partial charge in [0.25, 0.3) is 0 Å². The van der Waals surface area contributed by atoms with Crippen molar-refractivity contribution < 1.29 is 145 Å². The number of aliphatic hydroxyl groups is 12. The molecule has 22 saturated heterocycles. The van der Waals surface area contributed by atoms with E-state index in [1.54, 1.807) is 0 Å². The maximum atomic E-state index is 12.6. The Labute approximate surface area is 648 Å². The molecule has 0 spiro atoms. The molecule has 12 N–H and O–H groups in total. The first-order chi connectivity index (χ1) is 48.8. The van der Waals surface area contributed by atoms with Crippen LogP contribution in [-0.4, -0.2) is 335 Å². The molecule has 30 atom stereocenters. The summed E-state index contributed by atoms with van der Waals surface area (Å²) in [7, 11) is -16.5. The summed E-state index contributed by atoms with van der Waals surface area (Å²) < 4.78 is 120. The standard InChI is InChI=1S/C72H144O30Si6/c1-67(2,3)103(19,20)85-31-37-55-43(73)49(79)61(91-37)98-56-38(32-86-104(21,22)68(4,5)6)93-63(51(81)45(56)75)100-58-40(34-88-106(25,26)70(10,11)12)95-65(53(83)47(58)77)102-60-42(36-90-108(29,30)72(16,17)18)96-66(54(84)48(60)78)101-59-41(35-89-107(27,28)71(13,14)15)94-64(52(82)46(59)76)99-57-39(33-87-105(23,24)69(7,8)9)92-62(97-55)50(80)44(57)74/h37-66,73-84H,31-36H2,1-30H3. The van der Waals surface area contributed by atoms with Crippen LogP contribution in [0.5, 0.6) is 0 Å². The van der Waals surface area contributed by atoms with E-state index in [2.05, 4.69) is 0 Å². The molecule has 30 nitrogen and oxygen atoms in total. The minimum absolute atomic E-state index is 0.326. The first kappa shape index (κ1) is 95.2. The summed E-state index contributed by atoms with van der Waals surface area (Å²) in [6, 6.07) is 0. The third-order valence-electron chi connectivity index (χ3n) is 26.1. The van der Waals surface area contributed by atoms with Crippen molar-refractivity contribution in [2.75, 3.05) is 39.6 Å². The predicted molar refractivity (Wildman–Crippen MR) is 412 cm³/mol. The summed E-state index contributed by atoms with van der Waals surface area (Å²) in [5.41, 5.74) is 0. The van der Waals surface area contributed by atoms with Gasteiger partial charge in [-0.15, -0.1) is 0 Å². The number of ether oxygens (including phenoxy) is 12. The molecule has 0 saturated carbocycles. The van der Waals surface area contributed by atoms with Crippen LogP contribution >= 0.6 is 0 Å². The van der Waals surface area contributed by atoms with Crippen LogP contribution in [0.4, 0.5) is 0 Å². The molecule has 636 valence electrons. The van der Waals surface area contributed by atoms with Gasteiger partial charge in [0.15, 0.2) is 87.6 Å². The molecule has 22 fully saturated rings. The van der Waals surface area contributed by atoms with Crippen LogP contribution < -0.4 is 0 Å². The molecule has 0 radical (unpaired) electrons. The molecule has 22 heterocycles. The Kier molecular flexibility index (Phi) is 30.7. The number of hydrogen-bond donors (Lipinski definition) is 12. The van der Waals surface area contributed by atoms with E-state index >= 15 is 0 Å². The number of rotatable bonds is 18. The molecule has 0 aromatic rings. The fourth-order valence-electron chi connectivity index (χ4n) is 11.9. The Morgan fingerprint density at radius 1 is 0.185 bits per heavy atom. The van der Waals surface area contributed by atoms with Crippen LogP contribution in [0.25, 0.3) is 0 Å². The van der Waals surface area contributed by atoms with Crippen LogP contribution in [0.2, 0.25) is 109 Å².